The molecule has 0 saturated carbocycles. The number of H-pyrrole nitrogens is 1. The third-order valence-electron chi connectivity index (χ3n) is 4.72. The van der Waals surface area contributed by atoms with E-state index in [0.717, 1.165) is 17.3 Å². The fourth-order valence-electron chi connectivity index (χ4n) is 3.14. The number of nitrogens with one attached hydrogen (secondary N) is 1. The summed E-state index contributed by atoms with van der Waals surface area (Å²) >= 11 is 12.7. The number of benzene rings is 1. The molecule has 0 bridgehead atoms. The van der Waals surface area contributed by atoms with Gasteiger partial charge in [0.25, 0.3) is 0 Å². The molecule has 9 heteroatoms. The molecule has 0 aliphatic carbocycles. The first-order chi connectivity index (χ1) is 13.3. The lowest BCUT2D eigenvalue weighted by molar-refractivity contribution is -0.117. The highest BCUT2D eigenvalue weighted by molar-refractivity contribution is 6.76. The van der Waals surface area contributed by atoms with E-state index in [4.69, 9.17) is 32.7 Å². The van der Waals surface area contributed by atoms with Gasteiger partial charge in [0.2, 0.25) is 5.91 Å². The second kappa shape index (κ2) is 8.86. The Hall–Kier alpha value is -1.54. The van der Waals surface area contributed by atoms with Crippen LogP contribution in [0.4, 0.5) is 5.69 Å². The fraction of sp³-hybridized carbons (Fsp3) is 0.474. The molecule has 1 aromatic heterocycles. The number of amides is 1. The normalized spacial score (nSPS) is 17.4. The molecule has 0 radical (unpaired) electrons. The first-order valence-corrected chi connectivity index (χ1v) is 13.7. The number of hydrogen-bond acceptors (Lipinski definition) is 4. The number of anilines is 1. The molecule has 1 N–H and O–H groups in total. The van der Waals surface area contributed by atoms with Crippen LogP contribution in [0.15, 0.2) is 24.5 Å². The van der Waals surface area contributed by atoms with Gasteiger partial charge in [-0.15, -0.1) is 0 Å². The van der Waals surface area contributed by atoms with Crippen LogP contribution in [0.5, 0.6) is 5.75 Å². The van der Waals surface area contributed by atoms with Gasteiger partial charge in [-0.1, -0.05) is 42.8 Å². The first-order valence-electron chi connectivity index (χ1n) is 9.24. The Morgan fingerprint density at radius 3 is 2.79 bits per heavy atom. The maximum Gasteiger partial charge on any atom is 0.227 e. The van der Waals surface area contributed by atoms with Crippen molar-refractivity contribution in [3.8, 4) is 5.75 Å². The minimum Gasteiger partial charge on any atom is -0.467 e. The minimum absolute atomic E-state index is 0.0137. The Balaban J connectivity index is 1.72. The third-order valence-corrected chi connectivity index (χ3v) is 7.24. The molecule has 1 fully saturated rings. The molecule has 2 aromatic rings. The van der Waals surface area contributed by atoms with Crippen molar-refractivity contribution in [1.29, 1.82) is 0 Å². The molecule has 2 heterocycles. The smallest absolute Gasteiger partial charge is 0.227 e. The minimum atomic E-state index is -1.15. The van der Waals surface area contributed by atoms with Gasteiger partial charge in [-0.05, 0) is 18.2 Å². The summed E-state index contributed by atoms with van der Waals surface area (Å²) in [6.45, 7) is 8.21. The van der Waals surface area contributed by atoms with E-state index < -0.39 is 8.07 Å². The first kappa shape index (κ1) is 21.2. The lowest BCUT2D eigenvalue weighted by atomic mass is 9.97. The predicted molar refractivity (Wildman–Crippen MR) is 114 cm³/mol. The van der Waals surface area contributed by atoms with Gasteiger partial charge in [0.1, 0.15) is 5.75 Å². The van der Waals surface area contributed by atoms with Gasteiger partial charge in [-0.2, -0.15) is 5.10 Å². The maximum atomic E-state index is 12.5. The van der Waals surface area contributed by atoms with Crippen molar-refractivity contribution in [2.75, 3.05) is 24.8 Å². The highest BCUT2D eigenvalue weighted by Crippen LogP contribution is 2.42. The van der Waals surface area contributed by atoms with Gasteiger partial charge in [0.05, 0.1) is 21.9 Å². The summed E-state index contributed by atoms with van der Waals surface area (Å²) in [6, 6.07) is 4.56. The lowest BCUT2D eigenvalue weighted by Gasteiger charge is -2.20. The number of rotatable bonds is 8. The number of ether oxygens (including phenoxy) is 2. The van der Waals surface area contributed by atoms with Crippen LogP contribution >= 0.6 is 23.2 Å². The van der Waals surface area contributed by atoms with E-state index in [9.17, 15) is 4.79 Å². The molecule has 1 saturated heterocycles. The molecule has 1 aromatic carbocycles. The van der Waals surface area contributed by atoms with Gasteiger partial charge in [-0.25, -0.2) is 0 Å². The Morgan fingerprint density at radius 2 is 2.11 bits per heavy atom. The molecule has 1 atom stereocenters. The van der Waals surface area contributed by atoms with Crippen LogP contribution in [-0.2, 0) is 9.53 Å². The van der Waals surface area contributed by atoms with E-state index in [2.05, 4.69) is 29.8 Å². The van der Waals surface area contributed by atoms with Crippen LogP contribution in [-0.4, -0.2) is 44.1 Å². The van der Waals surface area contributed by atoms with Gasteiger partial charge < -0.3 is 14.4 Å². The van der Waals surface area contributed by atoms with Crippen LogP contribution in [0.2, 0.25) is 35.7 Å². The summed E-state index contributed by atoms with van der Waals surface area (Å²) in [5.41, 5.74) is 1.49. The molecule has 3 rings (SSSR count). The molecule has 152 valence electrons. The summed E-state index contributed by atoms with van der Waals surface area (Å²) in [5, 5.41) is 7.52. The Labute approximate surface area is 176 Å². The quantitative estimate of drug-likeness (QED) is 0.358. The Morgan fingerprint density at radius 1 is 1.32 bits per heavy atom. The zero-order valence-corrected chi connectivity index (χ0v) is 18.8. The Kier molecular flexibility index (Phi) is 6.70. The van der Waals surface area contributed by atoms with Crippen LogP contribution in [0.3, 0.4) is 0 Å². The topological polar surface area (TPSA) is 67.5 Å². The average molecular weight is 442 g/mol. The van der Waals surface area contributed by atoms with Crippen molar-refractivity contribution >= 4 is 42.9 Å². The molecule has 28 heavy (non-hydrogen) atoms. The SMILES string of the molecule is C[Si](C)(C)CCOCOc1ccc(Cl)c(Cl)c1C1CC(=O)N(c2cn[nH]c2)C1. The monoisotopic (exact) mass is 441 g/mol. The number of carbonyl (C=O) groups is 1. The zero-order chi connectivity index (χ0) is 20.3. The molecular weight excluding hydrogens is 417 g/mol. The number of aromatic amines is 1. The summed E-state index contributed by atoms with van der Waals surface area (Å²) in [4.78, 5) is 14.2. The molecule has 1 amide bonds. The molecule has 1 unspecified atom stereocenters. The summed E-state index contributed by atoms with van der Waals surface area (Å²) < 4.78 is 11.5. The largest absolute Gasteiger partial charge is 0.467 e. The van der Waals surface area contributed by atoms with E-state index in [1.54, 1.807) is 29.4 Å². The summed E-state index contributed by atoms with van der Waals surface area (Å²) in [6.07, 6.45) is 3.66. The van der Waals surface area contributed by atoms with E-state index in [1.807, 2.05) is 0 Å². The molecule has 0 spiro atoms. The van der Waals surface area contributed by atoms with Crippen molar-refractivity contribution in [3.05, 3.63) is 40.1 Å². The molecule has 1 aliphatic rings. The lowest BCUT2D eigenvalue weighted by Crippen LogP contribution is -2.23. The van der Waals surface area contributed by atoms with Crippen LogP contribution in [0.25, 0.3) is 0 Å². The second-order valence-electron chi connectivity index (χ2n) is 8.12. The van der Waals surface area contributed by atoms with E-state index in [-0.39, 0.29) is 18.6 Å². The van der Waals surface area contributed by atoms with Crippen LogP contribution in [0, 0.1) is 0 Å². The Bertz CT molecular complexity index is 825. The number of halogens is 2. The standard InChI is InChI=1S/C19H25Cl2N3O3Si/c1-28(2,3)7-6-26-12-27-16-5-4-15(20)19(21)18(16)13-8-17(25)24(11-13)14-9-22-23-10-14/h4-5,9-10,13H,6-8,11-12H2,1-3H3,(H,22,23). The number of nitrogens with zero attached hydrogens (tertiary/aromatic N) is 2. The zero-order valence-electron chi connectivity index (χ0n) is 16.3. The highest BCUT2D eigenvalue weighted by atomic mass is 35.5. The average Bonchev–Trinajstić information content (AvgIpc) is 3.26. The van der Waals surface area contributed by atoms with Crippen molar-refractivity contribution in [3.63, 3.8) is 0 Å². The molecule has 1 aliphatic heterocycles. The van der Waals surface area contributed by atoms with Gasteiger partial charge in [0.15, 0.2) is 6.79 Å². The van der Waals surface area contributed by atoms with Gasteiger partial charge >= 0.3 is 0 Å². The summed E-state index contributed by atoms with van der Waals surface area (Å²) in [5.74, 6) is 0.500. The third kappa shape index (κ3) is 5.08. The van der Waals surface area contributed by atoms with Crippen molar-refractivity contribution < 1.29 is 14.3 Å². The predicted octanol–water partition coefficient (Wildman–Crippen LogP) is 4.93. The maximum absolute atomic E-state index is 12.5. The summed E-state index contributed by atoms with van der Waals surface area (Å²) in [7, 11) is -1.15. The van der Waals surface area contributed by atoms with Crippen molar-refractivity contribution in [1.82, 2.24) is 10.2 Å². The molecule has 6 nitrogen and oxygen atoms in total. The highest BCUT2D eigenvalue weighted by Gasteiger charge is 2.35. The second-order valence-corrected chi connectivity index (χ2v) is 14.5. The van der Waals surface area contributed by atoms with Crippen LogP contribution < -0.4 is 9.64 Å². The van der Waals surface area contributed by atoms with E-state index in [0.29, 0.717) is 35.4 Å². The van der Waals surface area contributed by atoms with Crippen molar-refractivity contribution in [2.45, 2.75) is 38.0 Å². The van der Waals surface area contributed by atoms with E-state index in [1.165, 1.54) is 0 Å². The molecular formula is C19H25Cl2N3O3Si. The number of hydrogen-bond donors (Lipinski definition) is 1. The fourth-order valence-corrected chi connectivity index (χ4v) is 4.37. The van der Waals surface area contributed by atoms with Gasteiger partial charge in [0, 0.05) is 45.3 Å². The van der Waals surface area contributed by atoms with Gasteiger partial charge in [-0.3, -0.25) is 9.89 Å². The van der Waals surface area contributed by atoms with Crippen LogP contribution in [0.1, 0.15) is 17.9 Å². The number of aromatic nitrogens is 2. The number of carbonyl (C=O) groups excluding carboxylic acids is 1. The van der Waals surface area contributed by atoms with E-state index >= 15 is 0 Å². The van der Waals surface area contributed by atoms with Crippen molar-refractivity contribution in [2.24, 2.45) is 0 Å².